The maximum Gasteiger partial charge on any atom is 0.255 e. The first-order valence-corrected chi connectivity index (χ1v) is 10.3. The van der Waals surface area contributed by atoms with Gasteiger partial charge in [0.25, 0.3) is 5.91 Å². The first-order valence-electron chi connectivity index (χ1n) is 8.78. The van der Waals surface area contributed by atoms with Crippen LogP contribution in [-0.4, -0.2) is 24.1 Å². The second-order valence-electron chi connectivity index (χ2n) is 6.79. The van der Waals surface area contributed by atoms with Crippen molar-refractivity contribution < 1.29 is 13.2 Å². The summed E-state index contributed by atoms with van der Waals surface area (Å²) in [7, 11) is -3.71. The van der Waals surface area contributed by atoms with Crippen LogP contribution in [0.1, 0.15) is 66.7 Å². The minimum Gasteiger partial charge on any atom is -0.348 e. The molecular weight excluding hydrogens is 352 g/mol. The van der Waals surface area contributed by atoms with Gasteiger partial charge in [0.2, 0.25) is 10.0 Å². The molecule has 1 aromatic carbocycles. The maximum atomic E-state index is 12.6. The Hall–Kier alpha value is -2.19. The van der Waals surface area contributed by atoms with E-state index in [1.807, 2.05) is 4.68 Å². The van der Waals surface area contributed by atoms with Crippen molar-refractivity contribution in [1.82, 2.24) is 15.1 Å². The quantitative estimate of drug-likeness (QED) is 0.773. The third kappa shape index (κ3) is 3.96. The van der Waals surface area contributed by atoms with Gasteiger partial charge < -0.3 is 5.32 Å². The van der Waals surface area contributed by atoms with Crippen LogP contribution in [0.3, 0.4) is 0 Å². The number of benzene rings is 1. The maximum absolute atomic E-state index is 12.6. The average Bonchev–Trinajstić information content (AvgIpc) is 3.36. The molecule has 1 atom stereocenters. The van der Waals surface area contributed by atoms with Gasteiger partial charge in [0.15, 0.2) is 0 Å². The van der Waals surface area contributed by atoms with Gasteiger partial charge in [0.1, 0.15) is 0 Å². The SMILES string of the molecule is CC[C@@H](C)n1ncc(C(=O)NCc2ccc(S(N)(=O)=O)cc2)c1C1CC1. The monoisotopic (exact) mass is 376 g/mol. The van der Waals surface area contributed by atoms with Crippen LogP contribution in [-0.2, 0) is 16.6 Å². The van der Waals surface area contributed by atoms with Gasteiger partial charge in [-0.25, -0.2) is 13.6 Å². The summed E-state index contributed by atoms with van der Waals surface area (Å²) >= 11 is 0. The van der Waals surface area contributed by atoms with Gasteiger partial charge in [-0.1, -0.05) is 19.1 Å². The van der Waals surface area contributed by atoms with E-state index < -0.39 is 10.0 Å². The van der Waals surface area contributed by atoms with Crippen molar-refractivity contribution in [2.24, 2.45) is 5.14 Å². The molecule has 1 fully saturated rings. The molecule has 7 nitrogen and oxygen atoms in total. The molecule has 8 heteroatoms. The second-order valence-corrected chi connectivity index (χ2v) is 8.35. The number of rotatable bonds is 7. The summed E-state index contributed by atoms with van der Waals surface area (Å²) in [4.78, 5) is 12.7. The molecule has 1 heterocycles. The lowest BCUT2D eigenvalue weighted by Gasteiger charge is -2.14. The summed E-state index contributed by atoms with van der Waals surface area (Å²) in [5, 5.41) is 12.4. The molecule has 3 N–H and O–H groups in total. The largest absolute Gasteiger partial charge is 0.348 e. The Balaban J connectivity index is 1.72. The van der Waals surface area contributed by atoms with E-state index in [9.17, 15) is 13.2 Å². The number of nitrogens with one attached hydrogen (secondary N) is 1. The van der Waals surface area contributed by atoms with Crippen LogP contribution in [0.4, 0.5) is 0 Å². The highest BCUT2D eigenvalue weighted by atomic mass is 32.2. The van der Waals surface area contributed by atoms with Crippen molar-refractivity contribution in [2.75, 3.05) is 0 Å². The van der Waals surface area contributed by atoms with Crippen molar-refractivity contribution >= 4 is 15.9 Å². The summed E-state index contributed by atoms with van der Waals surface area (Å²) in [6, 6.07) is 6.42. The number of hydrogen-bond donors (Lipinski definition) is 2. The molecule has 1 amide bonds. The van der Waals surface area contributed by atoms with E-state index in [4.69, 9.17) is 5.14 Å². The number of primary sulfonamides is 1. The summed E-state index contributed by atoms with van der Waals surface area (Å²) in [6.07, 6.45) is 4.80. The van der Waals surface area contributed by atoms with Crippen molar-refractivity contribution in [3.63, 3.8) is 0 Å². The van der Waals surface area contributed by atoms with Crippen LogP contribution in [0.2, 0.25) is 0 Å². The summed E-state index contributed by atoms with van der Waals surface area (Å²) in [6.45, 7) is 4.52. The van der Waals surface area contributed by atoms with Crippen LogP contribution in [0.15, 0.2) is 35.4 Å². The van der Waals surface area contributed by atoms with Crippen molar-refractivity contribution in [3.05, 3.63) is 47.3 Å². The first kappa shape index (κ1) is 18.6. The normalized spacial score (nSPS) is 15.7. The highest BCUT2D eigenvalue weighted by Crippen LogP contribution is 2.42. The van der Waals surface area contributed by atoms with E-state index >= 15 is 0 Å². The predicted molar refractivity (Wildman–Crippen MR) is 98.2 cm³/mol. The molecule has 140 valence electrons. The Morgan fingerprint density at radius 2 is 2.00 bits per heavy atom. The molecule has 0 saturated heterocycles. The van der Waals surface area contributed by atoms with Crippen LogP contribution in [0.5, 0.6) is 0 Å². The highest BCUT2D eigenvalue weighted by molar-refractivity contribution is 7.89. The number of amides is 1. The third-order valence-electron chi connectivity index (χ3n) is 4.76. The summed E-state index contributed by atoms with van der Waals surface area (Å²) < 4.78 is 24.5. The lowest BCUT2D eigenvalue weighted by molar-refractivity contribution is 0.0949. The lowest BCUT2D eigenvalue weighted by atomic mass is 10.1. The Morgan fingerprint density at radius 3 is 2.54 bits per heavy atom. The molecule has 0 bridgehead atoms. The molecule has 1 aromatic heterocycles. The Morgan fingerprint density at radius 1 is 1.35 bits per heavy atom. The fraction of sp³-hybridized carbons (Fsp3) is 0.444. The zero-order valence-corrected chi connectivity index (χ0v) is 15.8. The van der Waals surface area contributed by atoms with Gasteiger partial charge in [-0.05, 0) is 43.9 Å². The standard InChI is InChI=1S/C18H24N4O3S/c1-3-12(2)22-17(14-6-7-14)16(11-21-22)18(23)20-10-13-4-8-15(9-5-13)26(19,24)25/h4-5,8-9,11-12,14H,3,6-7,10H2,1-2H3,(H,20,23)(H2,19,24,25)/t12-/m1/s1. The van der Waals surface area contributed by atoms with Crippen LogP contribution >= 0.6 is 0 Å². The van der Waals surface area contributed by atoms with Crippen LogP contribution < -0.4 is 10.5 Å². The minimum atomic E-state index is -3.71. The fourth-order valence-electron chi connectivity index (χ4n) is 2.91. The van der Waals surface area contributed by atoms with Gasteiger partial charge >= 0.3 is 0 Å². The smallest absolute Gasteiger partial charge is 0.255 e. The van der Waals surface area contributed by atoms with Gasteiger partial charge in [0, 0.05) is 18.5 Å². The minimum absolute atomic E-state index is 0.0541. The molecule has 0 aliphatic heterocycles. The number of carbonyl (C=O) groups excluding carboxylic acids is 1. The van der Waals surface area contributed by atoms with Crippen molar-refractivity contribution in [3.8, 4) is 0 Å². The molecule has 26 heavy (non-hydrogen) atoms. The lowest BCUT2D eigenvalue weighted by Crippen LogP contribution is -2.24. The number of hydrogen-bond acceptors (Lipinski definition) is 4. The Labute approximate surface area is 153 Å². The van der Waals surface area contributed by atoms with Gasteiger partial charge in [-0.3, -0.25) is 9.48 Å². The molecule has 2 aromatic rings. The van der Waals surface area contributed by atoms with E-state index in [2.05, 4.69) is 24.3 Å². The van der Waals surface area contributed by atoms with Crippen molar-refractivity contribution in [1.29, 1.82) is 0 Å². The number of nitrogens with zero attached hydrogens (tertiary/aromatic N) is 2. The third-order valence-corrected chi connectivity index (χ3v) is 5.69. The first-order chi connectivity index (χ1) is 12.3. The zero-order chi connectivity index (χ0) is 18.9. The molecule has 3 rings (SSSR count). The van der Waals surface area contributed by atoms with E-state index in [0.717, 1.165) is 30.5 Å². The van der Waals surface area contributed by atoms with Gasteiger partial charge in [-0.15, -0.1) is 0 Å². The molecular formula is C18H24N4O3S. The van der Waals surface area contributed by atoms with E-state index in [1.54, 1.807) is 18.3 Å². The van der Waals surface area contributed by atoms with Crippen LogP contribution in [0, 0.1) is 0 Å². The van der Waals surface area contributed by atoms with E-state index in [-0.39, 0.29) is 16.8 Å². The second kappa shape index (κ2) is 7.20. The Bertz CT molecular complexity index is 899. The average molecular weight is 376 g/mol. The summed E-state index contributed by atoms with van der Waals surface area (Å²) in [5.41, 5.74) is 2.46. The molecule has 0 unspecified atom stereocenters. The topological polar surface area (TPSA) is 107 Å². The highest BCUT2D eigenvalue weighted by Gasteiger charge is 2.33. The number of nitrogens with two attached hydrogens (primary N) is 1. The van der Waals surface area contributed by atoms with Crippen molar-refractivity contribution in [2.45, 2.75) is 56.5 Å². The van der Waals surface area contributed by atoms with Gasteiger partial charge in [-0.2, -0.15) is 5.10 Å². The zero-order valence-electron chi connectivity index (χ0n) is 15.0. The molecule has 1 aliphatic rings. The molecule has 1 saturated carbocycles. The predicted octanol–water partition coefficient (Wildman–Crippen LogP) is 2.31. The molecule has 0 radical (unpaired) electrons. The fourth-order valence-corrected chi connectivity index (χ4v) is 3.42. The number of aromatic nitrogens is 2. The van der Waals surface area contributed by atoms with Crippen LogP contribution in [0.25, 0.3) is 0 Å². The van der Waals surface area contributed by atoms with Gasteiger partial charge in [0.05, 0.1) is 22.3 Å². The number of carbonyl (C=O) groups is 1. The van der Waals surface area contributed by atoms with E-state index in [1.165, 1.54) is 12.1 Å². The summed E-state index contributed by atoms with van der Waals surface area (Å²) in [5.74, 6) is 0.262. The van der Waals surface area contributed by atoms with E-state index in [0.29, 0.717) is 18.0 Å². The molecule has 0 spiro atoms. The number of sulfonamides is 1. The molecule has 1 aliphatic carbocycles. The Kier molecular flexibility index (Phi) is 5.15.